The van der Waals surface area contributed by atoms with Gasteiger partial charge in [0.25, 0.3) is 5.56 Å². The number of aromatic nitrogens is 2. The van der Waals surface area contributed by atoms with Crippen LogP contribution >= 0.6 is 23.5 Å². The summed E-state index contributed by atoms with van der Waals surface area (Å²) in [6, 6.07) is 13.8. The Morgan fingerprint density at radius 2 is 1.75 bits per heavy atom. The molecule has 124 valence electrons. The van der Waals surface area contributed by atoms with Gasteiger partial charge < -0.3 is 0 Å². The fourth-order valence-electron chi connectivity index (χ4n) is 2.73. The maximum absolute atomic E-state index is 13.1. The first-order valence-corrected chi connectivity index (χ1v) is 10.2. The molecule has 0 saturated carbocycles. The highest BCUT2D eigenvalue weighted by Gasteiger charge is 2.13. The second-order valence-corrected chi connectivity index (χ2v) is 7.79. The summed E-state index contributed by atoms with van der Waals surface area (Å²) in [5.74, 6) is 1.96. The standard InChI is InChI=1S/C19H20N2OS2/c1-13-10-14(2)12-15(11-13)21-18(22)16-6-4-5-7-17(16)20-19(21)24-9-8-23-3/h4-7,10-12H,8-9H2,1-3H3. The maximum Gasteiger partial charge on any atom is 0.266 e. The van der Waals surface area contributed by atoms with Crippen molar-refractivity contribution in [2.45, 2.75) is 19.0 Å². The minimum absolute atomic E-state index is 0.00254. The van der Waals surface area contributed by atoms with Crippen LogP contribution in [0.1, 0.15) is 11.1 Å². The molecule has 0 saturated heterocycles. The number of hydrogen-bond donors (Lipinski definition) is 0. The van der Waals surface area contributed by atoms with Crippen LogP contribution < -0.4 is 5.56 Å². The van der Waals surface area contributed by atoms with Crippen molar-refractivity contribution in [3.05, 3.63) is 63.9 Å². The van der Waals surface area contributed by atoms with Crippen LogP contribution in [0, 0.1) is 13.8 Å². The van der Waals surface area contributed by atoms with E-state index in [0.29, 0.717) is 5.39 Å². The van der Waals surface area contributed by atoms with Crippen molar-refractivity contribution in [3.8, 4) is 5.69 Å². The second-order valence-electron chi connectivity index (χ2n) is 5.74. The molecule has 0 spiro atoms. The zero-order valence-corrected chi connectivity index (χ0v) is 15.7. The van der Waals surface area contributed by atoms with Gasteiger partial charge in [-0.1, -0.05) is 30.0 Å². The maximum atomic E-state index is 13.1. The number of benzene rings is 2. The van der Waals surface area contributed by atoms with Crippen LogP contribution in [0.15, 0.2) is 52.4 Å². The number of thioether (sulfide) groups is 2. The lowest BCUT2D eigenvalue weighted by atomic mass is 10.1. The van der Waals surface area contributed by atoms with E-state index >= 15 is 0 Å². The van der Waals surface area contributed by atoms with Crippen LogP contribution in [0.5, 0.6) is 0 Å². The third-order valence-electron chi connectivity index (χ3n) is 3.73. The van der Waals surface area contributed by atoms with E-state index in [1.807, 2.05) is 36.4 Å². The van der Waals surface area contributed by atoms with Crippen LogP contribution in [0.25, 0.3) is 16.6 Å². The predicted octanol–water partition coefficient (Wildman–Crippen LogP) is 4.46. The topological polar surface area (TPSA) is 34.9 Å². The average molecular weight is 357 g/mol. The Hall–Kier alpha value is -1.72. The fraction of sp³-hybridized carbons (Fsp3) is 0.263. The number of para-hydroxylation sites is 1. The molecule has 3 rings (SSSR count). The van der Waals surface area contributed by atoms with Gasteiger partial charge >= 0.3 is 0 Å². The van der Waals surface area contributed by atoms with E-state index in [-0.39, 0.29) is 5.56 Å². The lowest BCUT2D eigenvalue weighted by molar-refractivity contribution is 0.818. The number of hydrogen-bond acceptors (Lipinski definition) is 4. The molecule has 0 aliphatic rings. The van der Waals surface area contributed by atoms with Gasteiger partial charge in [0, 0.05) is 11.5 Å². The normalized spacial score (nSPS) is 11.1. The highest BCUT2D eigenvalue weighted by Crippen LogP contribution is 2.23. The van der Waals surface area contributed by atoms with Gasteiger partial charge in [0.15, 0.2) is 5.16 Å². The quantitative estimate of drug-likeness (QED) is 0.384. The third-order valence-corrected chi connectivity index (χ3v) is 5.54. The Balaban J connectivity index is 2.24. The molecule has 0 bridgehead atoms. The van der Waals surface area contributed by atoms with Crippen LogP contribution in [-0.4, -0.2) is 27.3 Å². The molecule has 1 heterocycles. The Bertz CT molecular complexity index is 914. The largest absolute Gasteiger partial charge is 0.268 e. The summed E-state index contributed by atoms with van der Waals surface area (Å²) >= 11 is 3.44. The Labute approximate surface area is 150 Å². The summed E-state index contributed by atoms with van der Waals surface area (Å²) < 4.78 is 1.76. The summed E-state index contributed by atoms with van der Waals surface area (Å²) in [5, 5.41) is 1.42. The number of nitrogens with zero attached hydrogens (tertiary/aromatic N) is 2. The molecule has 0 N–H and O–H groups in total. The third kappa shape index (κ3) is 3.52. The van der Waals surface area contributed by atoms with E-state index in [2.05, 4.69) is 26.2 Å². The van der Waals surface area contributed by atoms with Crippen molar-refractivity contribution in [2.24, 2.45) is 0 Å². The van der Waals surface area contributed by atoms with Crippen LogP contribution in [0.3, 0.4) is 0 Å². The SMILES string of the molecule is CSCCSc1nc2ccccc2c(=O)n1-c1cc(C)cc(C)c1. The Kier molecular flexibility index (Phi) is 5.31. The summed E-state index contributed by atoms with van der Waals surface area (Å²) in [7, 11) is 0. The van der Waals surface area contributed by atoms with Crippen LogP contribution in [-0.2, 0) is 0 Å². The van der Waals surface area contributed by atoms with Crippen molar-refractivity contribution in [3.63, 3.8) is 0 Å². The molecule has 0 atom stereocenters. The van der Waals surface area contributed by atoms with Crippen LogP contribution in [0.2, 0.25) is 0 Å². The molecule has 0 amide bonds. The fourth-order valence-corrected chi connectivity index (χ4v) is 4.40. The molecule has 1 aromatic heterocycles. The molecule has 0 fully saturated rings. The summed E-state index contributed by atoms with van der Waals surface area (Å²) in [6.45, 7) is 4.10. The van der Waals surface area contributed by atoms with Crippen molar-refractivity contribution in [2.75, 3.05) is 17.8 Å². The zero-order chi connectivity index (χ0) is 17.1. The first-order valence-electron chi connectivity index (χ1n) is 7.82. The Morgan fingerprint density at radius 3 is 2.46 bits per heavy atom. The van der Waals surface area contributed by atoms with E-state index in [1.54, 1.807) is 28.1 Å². The summed E-state index contributed by atoms with van der Waals surface area (Å²) in [4.78, 5) is 17.9. The minimum atomic E-state index is -0.00254. The second kappa shape index (κ2) is 7.45. The average Bonchev–Trinajstić information content (AvgIpc) is 2.54. The number of fused-ring (bicyclic) bond motifs is 1. The van der Waals surface area contributed by atoms with E-state index in [9.17, 15) is 4.79 Å². The molecule has 2 aromatic carbocycles. The van der Waals surface area contributed by atoms with Crippen molar-refractivity contribution in [1.82, 2.24) is 9.55 Å². The molecule has 5 heteroatoms. The van der Waals surface area contributed by atoms with Crippen molar-refractivity contribution in [1.29, 1.82) is 0 Å². The van der Waals surface area contributed by atoms with Gasteiger partial charge in [-0.15, -0.1) is 0 Å². The van der Waals surface area contributed by atoms with Gasteiger partial charge in [-0.2, -0.15) is 11.8 Å². The Morgan fingerprint density at radius 1 is 1.04 bits per heavy atom. The first-order chi connectivity index (χ1) is 11.6. The van der Waals surface area contributed by atoms with Gasteiger partial charge in [-0.05, 0) is 55.5 Å². The predicted molar refractivity (Wildman–Crippen MR) is 106 cm³/mol. The lowest BCUT2D eigenvalue weighted by Crippen LogP contribution is -2.22. The summed E-state index contributed by atoms with van der Waals surface area (Å²) in [5.41, 5.74) is 3.93. The van der Waals surface area contributed by atoms with E-state index in [4.69, 9.17) is 4.98 Å². The van der Waals surface area contributed by atoms with Gasteiger partial charge in [0.05, 0.1) is 16.6 Å². The van der Waals surface area contributed by atoms with E-state index < -0.39 is 0 Å². The van der Waals surface area contributed by atoms with Gasteiger partial charge in [-0.3, -0.25) is 9.36 Å². The molecule has 0 aliphatic carbocycles. The smallest absolute Gasteiger partial charge is 0.266 e. The minimum Gasteiger partial charge on any atom is -0.268 e. The first kappa shape index (κ1) is 17.1. The monoisotopic (exact) mass is 356 g/mol. The lowest BCUT2D eigenvalue weighted by Gasteiger charge is -2.14. The number of rotatable bonds is 5. The molecular formula is C19H20N2OS2. The highest BCUT2D eigenvalue weighted by atomic mass is 32.2. The molecule has 0 unspecified atom stereocenters. The molecule has 0 aliphatic heterocycles. The molecule has 0 radical (unpaired) electrons. The van der Waals surface area contributed by atoms with Gasteiger partial charge in [-0.25, -0.2) is 4.98 Å². The van der Waals surface area contributed by atoms with Crippen LogP contribution in [0.4, 0.5) is 0 Å². The number of aryl methyl sites for hydroxylation is 2. The van der Waals surface area contributed by atoms with E-state index in [0.717, 1.165) is 39.0 Å². The van der Waals surface area contributed by atoms with Gasteiger partial charge in [0.2, 0.25) is 0 Å². The zero-order valence-electron chi connectivity index (χ0n) is 14.1. The summed E-state index contributed by atoms with van der Waals surface area (Å²) in [6.07, 6.45) is 2.09. The van der Waals surface area contributed by atoms with Gasteiger partial charge in [0.1, 0.15) is 0 Å². The molecule has 3 nitrogen and oxygen atoms in total. The van der Waals surface area contributed by atoms with Crippen molar-refractivity contribution >= 4 is 34.4 Å². The molecular weight excluding hydrogens is 336 g/mol. The highest BCUT2D eigenvalue weighted by molar-refractivity contribution is 8.02. The van der Waals surface area contributed by atoms with E-state index in [1.165, 1.54) is 0 Å². The molecule has 3 aromatic rings. The van der Waals surface area contributed by atoms with Crippen molar-refractivity contribution < 1.29 is 0 Å². The molecule has 24 heavy (non-hydrogen) atoms.